The number of benzene rings is 2. The highest BCUT2D eigenvalue weighted by Gasteiger charge is 2.19. The quantitative estimate of drug-likeness (QED) is 0.333. The van der Waals surface area contributed by atoms with Gasteiger partial charge in [0.05, 0.1) is 19.4 Å². The molecule has 2 aromatic heterocycles. The summed E-state index contributed by atoms with van der Waals surface area (Å²) in [6, 6.07) is 14.8. The molecule has 2 heterocycles. The highest BCUT2D eigenvalue weighted by Crippen LogP contribution is 2.22. The second kappa shape index (κ2) is 9.33. The Morgan fingerprint density at radius 2 is 1.82 bits per heavy atom. The van der Waals surface area contributed by atoms with E-state index in [4.69, 9.17) is 16.3 Å². The number of hydrogen-bond acceptors (Lipinski definition) is 6. The topological polar surface area (TPSA) is 95.4 Å². The van der Waals surface area contributed by atoms with E-state index in [-0.39, 0.29) is 17.7 Å². The van der Waals surface area contributed by atoms with E-state index in [9.17, 15) is 9.59 Å². The monoisotopic (exact) mass is 466 g/mol. The molecule has 0 aliphatic carbocycles. The van der Waals surface area contributed by atoms with Gasteiger partial charge in [-0.1, -0.05) is 29.8 Å². The van der Waals surface area contributed by atoms with Crippen molar-refractivity contribution in [3.05, 3.63) is 85.5 Å². The van der Waals surface area contributed by atoms with Crippen LogP contribution in [0.25, 0.3) is 11.2 Å². The van der Waals surface area contributed by atoms with Gasteiger partial charge in [-0.2, -0.15) is 10.1 Å². The van der Waals surface area contributed by atoms with Crippen LogP contribution in [0.3, 0.4) is 0 Å². The van der Waals surface area contributed by atoms with Crippen molar-refractivity contribution in [2.75, 3.05) is 12.0 Å². The molecule has 2 aromatic carbocycles. The molecule has 9 nitrogen and oxygen atoms in total. The Balaban J connectivity index is 1.76. The first-order chi connectivity index (χ1) is 15.9. The molecule has 10 heteroatoms. The van der Waals surface area contributed by atoms with E-state index in [1.807, 2.05) is 49.4 Å². The number of rotatable bonds is 7. The maximum atomic E-state index is 13.0. The van der Waals surface area contributed by atoms with Gasteiger partial charge in [-0.05, 0) is 48.4 Å². The SMILES string of the molecule is CCOc1ccc(/C=N\Nc2nc3c(c(=O)n(C)c(=O)n3C)n2Cc2ccccc2Cl)cc1. The Morgan fingerprint density at radius 3 is 2.52 bits per heavy atom. The molecule has 0 aliphatic heterocycles. The Morgan fingerprint density at radius 1 is 1.09 bits per heavy atom. The molecule has 4 rings (SSSR count). The van der Waals surface area contributed by atoms with Gasteiger partial charge in [-0.3, -0.25) is 18.5 Å². The summed E-state index contributed by atoms with van der Waals surface area (Å²) in [6.45, 7) is 2.79. The van der Waals surface area contributed by atoms with E-state index in [1.165, 1.54) is 11.6 Å². The van der Waals surface area contributed by atoms with Crippen molar-refractivity contribution in [1.82, 2.24) is 18.7 Å². The summed E-state index contributed by atoms with van der Waals surface area (Å²) >= 11 is 6.36. The summed E-state index contributed by atoms with van der Waals surface area (Å²) in [5, 5.41) is 4.84. The van der Waals surface area contributed by atoms with Crippen LogP contribution >= 0.6 is 11.6 Å². The number of nitrogens with zero attached hydrogens (tertiary/aromatic N) is 5. The Bertz CT molecular complexity index is 1450. The predicted molar refractivity (Wildman–Crippen MR) is 130 cm³/mol. The first kappa shape index (κ1) is 22.3. The third-order valence-electron chi connectivity index (χ3n) is 5.20. The normalized spacial score (nSPS) is 11.4. The maximum absolute atomic E-state index is 13.0. The van der Waals surface area contributed by atoms with Crippen LogP contribution in [0.2, 0.25) is 5.02 Å². The fourth-order valence-electron chi connectivity index (χ4n) is 3.46. The molecule has 4 aromatic rings. The van der Waals surface area contributed by atoms with E-state index >= 15 is 0 Å². The van der Waals surface area contributed by atoms with Crippen LogP contribution in [0.15, 0.2) is 63.2 Å². The number of hydrogen-bond donors (Lipinski definition) is 1. The molecule has 0 saturated heterocycles. The molecule has 0 radical (unpaired) electrons. The zero-order chi connectivity index (χ0) is 23.5. The molecular weight excluding hydrogens is 444 g/mol. The molecule has 0 bridgehead atoms. The van der Waals surface area contributed by atoms with Crippen molar-refractivity contribution in [2.45, 2.75) is 13.5 Å². The average Bonchev–Trinajstić information content (AvgIpc) is 3.17. The van der Waals surface area contributed by atoms with Gasteiger partial charge < -0.3 is 4.74 Å². The van der Waals surface area contributed by atoms with Crippen LogP contribution in [0.1, 0.15) is 18.1 Å². The van der Waals surface area contributed by atoms with Crippen molar-refractivity contribution in [2.24, 2.45) is 19.2 Å². The lowest BCUT2D eigenvalue weighted by Crippen LogP contribution is -2.37. The summed E-state index contributed by atoms with van der Waals surface area (Å²) in [4.78, 5) is 29.9. The molecule has 0 atom stereocenters. The summed E-state index contributed by atoms with van der Waals surface area (Å²) in [6.07, 6.45) is 1.63. The Hall–Kier alpha value is -3.85. The first-order valence-electron chi connectivity index (χ1n) is 10.3. The summed E-state index contributed by atoms with van der Waals surface area (Å²) in [5.74, 6) is 1.09. The number of fused-ring (bicyclic) bond motifs is 1. The third kappa shape index (κ3) is 4.40. The van der Waals surface area contributed by atoms with E-state index in [0.29, 0.717) is 17.6 Å². The van der Waals surface area contributed by atoms with Gasteiger partial charge in [-0.15, -0.1) is 0 Å². The Kier molecular flexibility index (Phi) is 6.32. The number of nitrogens with one attached hydrogen (secondary N) is 1. The van der Waals surface area contributed by atoms with E-state index in [1.54, 1.807) is 23.9 Å². The average molecular weight is 467 g/mol. The van der Waals surface area contributed by atoms with Crippen molar-refractivity contribution in [3.63, 3.8) is 0 Å². The number of hydrazone groups is 1. The molecule has 0 aliphatic rings. The highest BCUT2D eigenvalue weighted by atomic mass is 35.5. The van der Waals surface area contributed by atoms with Crippen LogP contribution in [0.5, 0.6) is 5.75 Å². The molecule has 0 fully saturated rings. The van der Waals surface area contributed by atoms with Crippen molar-refractivity contribution in [3.8, 4) is 5.75 Å². The van der Waals surface area contributed by atoms with Crippen LogP contribution in [-0.2, 0) is 20.6 Å². The summed E-state index contributed by atoms with van der Waals surface area (Å²) in [5.41, 5.74) is 4.18. The van der Waals surface area contributed by atoms with Gasteiger partial charge in [0.1, 0.15) is 5.75 Å². The maximum Gasteiger partial charge on any atom is 0.332 e. The summed E-state index contributed by atoms with van der Waals surface area (Å²) in [7, 11) is 3.01. The number of ether oxygens (including phenoxy) is 1. The minimum absolute atomic E-state index is 0.258. The molecule has 1 N–H and O–H groups in total. The second-order valence-electron chi connectivity index (χ2n) is 7.36. The summed E-state index contributed by atoms with van der Waals surface area (Å²) < 4.78 is 9.51. The lowest BCUT2D eigenvalue weighted by atomic mass is 10.2. The third-order valence-corrected chi connectivity index (χ3v) is 5.57. The van der Waals surface area contributed by atoms with Crippen molar-refractivity contribution < 1.29 is 4.74 Å². The first-order valence-corrected chi connectivity index (χ1v) is 10.7. The van der Waals surface area contributed by atoms with E-state index in [2.05, 4.69) is 15.5 Å². The van der Waals surface area contributed by atoms with Gasteiger partial charge in [0.2, 0.25) is 5.95 Å². The highest BCUT2D eigenvalue weighted by molar-refractivity contribution is 6.31. The van der Waals surface area contributed by atoms with Gasteiger partial charge in [0.15, 0.2) is 11.2 Å². The van der Waals surface area contributed by atoms with Crippen LogP contribution in [0, 0.1) is 0 Å². The number of aromatic nitrogens is 4. The zero-order valence-electron chi connectivity index (χ0n) is 18.4. The molecule has 0 saturated carbocycles. The van der Waals surface area contributed by atoms with E-state index in [0.717, 1.165) is 21.4 Å². The van der Waals surface area contributed by atoms with Crippen LogP contribution in [0.4, 0.5) is 5.95 Å². The van der Waals surface area contributed by atoms with Crippen molar-refractivity contribution >= 4 is 34.9 Å². The molecule has 0 unspecified atom stereocenters. The molecule has 0 spiro atoms. The van der Waals surface area contributed by atoms with Gasteiger partial charge >= 0.3 is 5.69 Å². The fourth-order valence-corrected chi connectivity index (χ4v) is 3.66. The predicted octanol–water partition coefficient (Wildman–Crippen LogP) is 2.98. The number of imidazole rings is 1. The molecule has 33 heavy (non-hydrogen) atoms. The lowest BCUT2D eigenvalue weighted by molar-refractivity contribution is 0.340. The molecule has 170 valence electrons. The minimum atomic E-state index is -0.459. The minimum Gasteiger partial charge on any atom is -0.494 e. The smallest absolute Gasteiger partial charge is 0.332 e. The van der Waals surface area contributed by atoms with Gasteiger partial charge in [-0.25, -0.2) is 10.2 Å². The van der Waals surface area contributed by atoms with Crippen LogP contribution in [-0.4, -0.2) is 31.5 Å². The Labute approximate surface area is 194 Å². The number of aryl methyl sites for hydroxylation is 1. The van der Waals surface area contributed by atoms with Crippen molar-refractivity contribution in [1.29, 1.82) is 0 Å². The standard InChI is InChI=1S/C23H23ClN6O3/c1-4-33-17-11-9-15(10-12-17)13-25-27-22-26-20-19(21(31)29(3)23(32)28(20)2)30(22)14-16-7-5-6-8-18(16)24/h5-13H,4,14H2,1-3H3,(H,26,27)/b25-13-. The lowest BCUT2D eigenvalue weighted by Gasteiger charge is -2.10. The fraction of sp³-hybridized carbons (Fsp3) is 0.217. The van der Waals surface area contributed by atoms with E-state index < -0.39 is 11.2 Å². The number of anilines is 1. The largest absolute Gasteiger partial charge is 0.494 e. The molecular formula is C23H23ClN6O3. The number of halogens is 1. The van der Waals surface area contributed by atoms with Crippen LogP contribution < -0.4 is 21.4 Å². The van der Waals surface area contributed by atoms with Gasteiger partial charge in [0, 0.05) is 19.1 Å². The zero-order valence-corrected chi connectivity index (χ0v) is 19.2. The second-order valence-corrected chi connectivity index (χ2v) is 7.77. The molecule has 0 amide bonds. The van der Waals surface area contributed by atoms with Gasteiger partial charge in [0.25, 0.3) is 5.56 Å².